The van der Waals surface area contributed by atoms with Gasteiger partial charge in [0.2, 0.25) is 5.91 Å². The Hall–Kier alpha value is -1.06. The minimum absolute atomic E-state index is 0.0226. The summed E-state index contributed by atoms with van der Waals surface area (Å²) in [6, 6.07) is 7.82. The molecule has 0 spiro atoms. The second kappa shape index (κ2) is 6.21. The average molecular weight is 267 g/mol. The summed E-state index contributed by atoms with van der Waals surface area (Å²) in [6.45, 7) is 1.69. The third-order valence-corrected chi connectivity index (χ3v) is 3.59. The Labute approximate surface area is 113 Å². The van der Waals surface area contributed by atoms with Crippen molar-refractivity contribution in [1.82, 2.24) is 10.2 Å². The smallest absolute Gasteiger partial charge is 0.239 e. The average Bonchev–Trinajstić information content (AvgIpc) is 2.89. The minimum atomic E-state index is 0.0226. The number of nitrogens with one attached hydrogen (secondary N) is 1. The summed E-state index contributed by atoms with van der Waals surface area (Å²) in [5.41, 5.74) is 1.17. The fraction of sp³-hybridized carbons (Fsp3) is 0.500. The quantitative estimate of drug-likeness (QED) is 0.905. The van der Waals surface area contributed by atoms with Crippen molar-refractivity contribution in [3.8, 4) is 0 Å². The lowest BCUT2D eigenvalue weighted by atomic mass is 10.1. The molecule has 1 heterocycles. The van der Waals surface area contributed by atoms with Crippen LogP contribution in [0, 0.1) is 0 Å². The van der Waals surface area contributed by atoms with Gasteiger partial charge in [-0.05, 0) is 43.5 Å². The van der Waals surface area contributed by atoms with E-state index >= 15 is 0 Å². The van der Waals surface area contributed by atoms with Gasteiger partial charge in [0, 0.05) is 18.6 Å². The first kappa shape index (κ1) is 13.4. The number of nitrogens with zero attached hydrogens (tertiary/aromatic N) is 1. The van der Waals surface area contributed by atoms with Gasteiger partial charge in [0.05, 0.1) is 6.04 Å². The van der Waals surface area contributed by atoms with Crippen molar-refractivity contribution in [2.45, 2.75) is 25.3 Å². The predicted octanol–water partition coefficient (Wildman–Crippen LogP) is 2.09. The lowest BCUT2D eigenvalue weighted by Gasteiger charge is -2.21. The van der Waals surface area contributed by atoms with Crippen molar-refractivity contribution in [3.05, 3.63) is 34.9 Å². The topological polar surface area (TPSA) is 32.3 Å². The van der Waals surface area contributed by atoms with E-state index in [0.717, 1.165) is 37.4 Å². The van der Waals surface area contributed by atoms with Crippen molar-refractivity contribution >= 4 is 17.5 Å². The van der Waals surface area contributed by atoms with Gasteiger partial charge in [-0.3, -0.25) is 4.79 Å². The highest BCUT2D eigenvalue weighted by atomic mass is 35.5. The van der Waals surface area contributed by atoms with Crippen LogP contribution in [0.15, 0.2) is 24.3 Å². The second-order valence-electron chi connectivity index (χ2n) is 4.79. The van der Waals surface area contributed by atoms with Crippen LogP contribution in [0.2, 0.25) is 5.02 Å². The third kappa shape index (κ3) is 3.47. The van der Waals surface area contributed by atoms with E-state index in [1.165, 1.54) is 5.56 Å². The molecule has 2 rings (SSSR count). The highest BCUT2D eigenvalue weighted by Crippen LogP contribution is 2.12. The lowest BCUT2D eigenvalue weighted by molar-refractivity contribution is -0.131. The Bertz CT molecular complexity index is 416. The molecule has 1 aromatic rings. The maximum Gasteiger partial charge on any atom is 0.239 e. The molecule has 1 aliphatic rings. The van der Waals surface area contributed by atoms with Gasteiger partial charge >= 0.3 is 0 Å². The van der Waals surface area contributed by atoms with Gasteiger partial charge in [-0.15, -0.1) is 0 Å². The van der Waals surface area contributed by atoms with E-state index in [2.05, 4.69) is 5.32 Å². The van der Waals surface area contributed by atoms with Gasteiger partial charge in [-0.25, -0.2) is 0 Å². The van der Waals surface area contributed by atoms with Crippen LogP contribution in [-0.4, -0.2) is 37.0 Å². The Morgan fingerprint density at radius 2 is 2.39 bits per heavy atom. The second-order valence-corrected chi connectivity index (χ2v) is 5.23. The maximum atomic E-state index is 12.1. The SMILES string of the molecule is CN(CCc1cccc(Cl)c1)C(=O)C1CCCN1. The molecule has 4 heteroatoms. The highest BCUT2D eigenvalue weighted by molar-refractivity contribution is 6.30. The molecule has 0 aromatic heterocycles. The Kier molecular flexibility index (Phi) is 4.61. The molecule has 98 valence electrons. The number of likely N-dealkylation sites (N-methyl/N-ethyl adjacent to an activating group) is 1. The first-order valence-electron chi connectivity index (χ1n) is 6.39. The molecule has 0 saturated carbocycles. The number of benzene rings is 1. The monoisotopic (exact) mass is 266 g/mol. The van der Waals surface area contributed by atoms with Crippen LogP contribution < -0.4 is 5.32 Å². The number of halogens is 1. The first-order valence-corrected chi connectivity index (χ1v) is 6.77. The van der Waals surface area contributed by atoms with E-state index in [1.54, 1.807) is 0 Å². The number of hydrogen-bond donors (Lipinski definition) is 1. The normalized spacial score (nSPS) is 18.9. The van der Waals surface area contributed by atoms with Gasteiger partial charge in [-0.2, -0.15) is 0 Å². The Balaban J connectivity index is 1.84. The molecule has 1 saturated heterocycles. The maximum absolute atomic E-state index is 12.1. The Morgan fingerprint density at radius 1 is 1.56 bits per heavy atom. The number of carbonyl (C=O) groups excluding carboxylic acids is 1. The largest absolute Gasteiger partial charge is 0.344 e. The lowest BCUT2D eigenvalue weighted by Crippen LogP contribution is -2.42. The molecular weight excluding hydrogens is 248 g/mol. The first-order chi connectivity index (χ1) is 8.66. The minimum Gasteiger partial charge on any atom is -0.344 e. The summed E-state index contributed by atoms with van der Waals surface area (Å²) in [4.78, 5) is 13.9. The fourth-order valence-corrected chi connectivity index (χ4v) is 2.47. The van der Waals surface area contributed by atoms with E-state index < -0.39 is 0 Å². The van der Waals surface area contributed by atoms with E-state index in [4.69, 9.17) is 11.6 Å². The van der Waals surface area contributed by atoms with E-state index in [0.29, 0.717) is 0 Å². The molecule has 18 heavy (non-hydrogen) atoms. The van der Waals surface area contributed by atoms with Crippen LogP contribution in [0.4, 0.5) is 0 Å². The molecular formula is C14H19ClN2O. The third-order valence-electron chi connectivity index (χ3n) is 3.36. The van der Waals surface area contributed by atoms with Crippen molar-refractivity contribution in [1.29, 1.82) is 0 Å². The summed E-state index contributed by atoms with van der Waals surface area (Å²) in [5.74, 6) is 0.203. The molecule has 1 unspecified atom stereocenters. The van der Waals surface area contributed by atoms with E-state index in [1.807, 2.05) is 36.2 Å². The zero-order valence-electron chi connectivity index (χ0n) is 10.7. The highest BCUT2D eigenvalue weighted by Gasteiger charge is 2.24. The van der Waals surface area contributed by atoms with Crippen molar-refractivity contribution < 1.29 is 4.79 Å². The van der Waals surface area contributed by atoms with Crippen molar-refractivity contribution in [3.63, 3.8) is 0 Å². The summed E-state index contributed by atoms with van der Waals surface area (Å²) >= 11 is 5.94. The fourth-order valence-electron chi connectivity index (χ4n) is 2.26. The Morgan fingerprint density at radius 3 is 3.06 bits per heavy atom. The van der Waals surface area contributed by atoms with Gasteiger partial charge in [0.1, 0.15) is 0 Å². The standard InChI is InChI=1S/C14H19ClN2O/c1-17(14(18)13-6-3-8-16-13)9-7-11-4-2-5-12(15)10-11/h2,4-5,10,13,16H,3,6-9H2,1H3. The number of hydrogen-bond acceptors (Lipinski definition) is 2. The summed E-state index contributed by atoms with van der Waals surface area (Å²) in [5, 5.41) is 3.98. The van der Waals surface area contributed by atoms with Gasteiger partial charge in [0.15, 0.2) is 0 Å². The van der Waals surface area contributed by atoms with Crippen LogP contribution in [-0.2, 0) is 11.2 Å². The van der Waals surface area contributed by atoms with Gasteiger partial charge in [-0.1, -0.05) is 23.7 Å². The van der Waals surface area contributed by atoms with Crippen molar-refractivity contribution in [2.24, 2.45) is 0 Å². The molecule has 1 atom stereocenters. The van der Waals surface area contributed by atoms with E-state index in [9.17, 15) is 4.79 Å². The molecule has 1 amide bonds. The summed E-state index contributed by atoms with van der Waals surface area (Å²) in [6.07, 6.45) is 2.90. The van der Waals surface area contributed by atoms with Gasteiger partial charge in [0.25, 0.3) is 0 Å². The number of amides is 1. The molecule has 1 fully saturated rings. The molecule has 3 nitrogen and oxygen atoms in total. The molecule has 1 aromatic carbocycles. The molecule has 1 aliphatic heterocycles. The molecule has 0 aliphatic carbocycles. The van der Waals surface area contributed by atoms with Crippen LogP contribution in [0.3, 0.4) is 0 Å². The molecule has 1 N–H and O–H groups in total. The van der Waals surface area contributed by atoms with E-state index in [-0.39, 0.29) is 11.9 Å². The van der Waals surface area contributed by atoms with Crippen LogP contribution in [0.5, 0.6) is 0 Å². The number of carbonyl (C=O) groups is 1. The summed E-state index contributed by atoms with van der Waals surface area (Å²) in [7, 11) is 1.87. The van der Waals surface area contributed by atoms with Crippen LogP contribution in [0.25, 0.3) is 0 Å². The zero-order chi connectivity index (χ0) is 13.0. The molecule has 0 radical (unpaired) electrons. The zero-order valence-corrected chi connectivity index (χ0v) is 11.4. The predicted molar refractivity (Wildman–Crippen MR) is 73.8 cm³/mol. The van der Waals surface area contributed by atoms with Gasteiger partial charge < -0.3 is 10.2 Å². The molecule has 0 bridgehead atoms. The van der Waals surface area contributed by atoms with Crippen LogP contribution >= 0.6 is 11.6 Å². The summed E-state index contributed by atoms with van der Waals surface area (Å²) < 4.78 is 0. The number of rotatable bonds is 4. The van der Waals surface area contributed by atoms with Crippen LogP contribution in [0.1, 0.15) is 18.4 Å². The van der Waals surface area contributed by atoms with Crippen molar-refractivity contribution in [2.75, 3.05) is 20.1 Å².